The second-order valence-corrected chi connectivity index (χ2v) is 9.91. The van der Waals surface area contributed by atoms with E-state index in [9.17, 15) is 9.59 Å². The SMILES string of the molecule is C=C(C)C(=O)OC1(C)C2CC3CC(C2)CC1C3.C=CC(=O)OCC(CC)CCCC. The van der Waals surface area contributed by atoms with Crippen molar-refractivity contribution in [3.8, 4) is 0 Å². The van der Waals surface area contributed by atoms with Crippen molar-refractivity contribution in [3.05, 3.63) is 24.8 Å². The summed E-state index contributed by atoms with van der Waals surface area (Å²) in [5.41, 5.74) is 0.323. The zero-order valence-corrected chi connectivity index (χ0v) is 19.6. The molecule has 0 N–H and O–H groups in total. The molecule has 4 fully saturated rings. The Labute approximate surface area is 183 Å². The first-order valence-corrected chi connectivity index (χ1v) is 11.9. The van der Waals surface area contributed by atoms with Gasteiger partial charge in [-0.05, 0) is 82.0 Å². The Bertz CT molecular complexity index is 593. The first-order valence-electron chi connectivity index (χ1n) is 11.9. The Morgan fingerprint density at radius 1 is 1.10 bits per heavy atom. The molecule has 0 aromatic heterocycles. The van der Waals surface area contributed by atoms with Gasteiger partial charge in [-0.15, -0.1) is 0 Å². The third kappa shape index (κ3) is 6.21. The molecule has 0 aromatic carbocycles. The molecule has 0 spiro atoms. The van der Waals surface area contributed by atoms with Crippen molar-refractivity contribution < 1.29 is 19.1 Å². The maximum atomic E-state index is 11.8. The van der Waals surface area contributed by atoms with Gasteiger partial charge in [0.15, 0.2) is 0 Å². The Hall–Kier alpha value is -1.58. The average molecular weight is 419 g/mol. The van der Waals surface area contributed by atoms with E-state index in [-0.39, 0.29) is 17.5 Å². The molecule has 1 atom stereocenters. The lowest BCUT2D eigenvalue weighted by atomic mass is 9.50. The summed E-state index contributed by atoms with van der Waals surface area (Å²) in [6.45, 7) is 15.8. The fourth-order valence-electron chi connectivity index (χ4n) is 5.73. The van der Waals surface area contributed by atoms with Gasteiger partial charge in [0.25, 0.3) is 0 Å². The predicted octanol–water partition coefficient (Wildman–Crippen LogP) is 6.25. The highest BCUT2D eigenvalue weighted by Gasteiger charge is 2.57. The second kappa shape index (κ2) is 11.2. The molecule has 0 saturated heterocycles. The molecule has 30 heavy (non-hydrogen) atoms. The van der Waals surface area contributed by atoms with Gasteiger partial charge in [0.1, 0.15) is 5.60 Å². The van der Waals surface area contributed by atoms with Gasteiger partial charge in [0, 0.05) is 11.6 Å². The van der Waals surface area contributed by atoms with Crippen LogP contribution in [0.25, 0.3) is 0 Å². The molecular weight excluding hydrogens is 376 g/mol. The predicted molar refractivity (Wildman–Crippen MR) is 121 cm³/mol. The number of rotatable bonds is 9. The van der Waals surface area contributed by atoms with Gasteiger partial charge in [0.2, 0.25) is 0 Å². The highest BCUT2D eigenvalue weighted by molar-refractivity contribution is 5.87. The number of carbonyl (C=O) groups is 2. The number of ether oxygens (including phenoxy) is 2. The summed E-state index contributed by atoms with van der Waals surface area (Å²) in [5.74, 6) is 3.03. The Kier molecular flexibility index (Phi) is 9.18. The lowest BCUT2D eigenvalue weighted by Gasteiger charge is -2.59. The molecule has 0 aliphatic heterocycles. The van der Waals surface area contributed by atoms with Crippen molar-refractivity contribution in [1.82, 2.24) is 0 Å². The summed E-state index contributed by atoms with van der Waals surface area (Å²) in [6, 6.07) is 0. The topological polar surface area (TPSA) is 52.6 Å². The molecule has 4 aliphatic rings. The summed E-state index contributed by atoms with van der Waals surface area (Å²) in [5, 5.41) is 0. The van der Waals surface area contributed by atoms with E-state index in [4.69, 9.17) is 9.47 Å². The Balaban J connectivity index is 0.000000224. The zero-order valence-electron chi connectivity index (χ0n) is 19.6. The first-order chi connectivity index (χ1) is 14.2. The third-order valence-electron chi connectivity index (χ3n) is 7.59. The Morgan fingerprint density at radius 3 is 2.10 bits per heavy atom. The summed E-state index contributed by atoms with van der Waals surface area (Å²) in [6.07, 6.45) is 12.4. The molecule has 4 bridgehead atoms. The number of unbranched alkanes of at least 4 members (excludes halogenated alkanes) is 1. The van der Waals surface area contributed by atoms with Crippen LogP contribution in [-0.2, 0) is 19.1 Å². The van der Waals surface area contributed by atoms with Crippen molar-refractivity contribution in [2.45, 2.75) is 91.1 Å². The van der Waals surface area contributed by atoms with Gasteiger partial charge >= 0.3 is 11.9 Å². The standard InChI is InChI=1S/C15H22O2.C11H20O2/c1-9(2)14(16)17-15(3)12-5-10-4-11(7-12)8-13(15)6-10;1-4-7-8-10(5-2)9-13-11(12)6-3/h10-13H,1,4-8H2,2-3H3;6,10H,3-5,7-9H2,1-2H3. The summed E-state index contributed by atoms with van der Waals surface area (Å²) in [4.78, 5) is 22.6. The molecule has 4 nitrogen and oxygen atoms in total. The van der Waals surface area contributed by atoms with E-state index < -0.39 is 0 Å². The van der Waals surface area contributed by atoms with E-state index in [1.165, 1.54) is 51.0 Å². The molecule has 4 aliphatic carbocycles. The minimum Gasteiger partial charge on any atom is -0.462 e. The molecule has 0 aromatic rings. The molecule has 4 heteroatoms. The molecule has 1 unspecified atom stereocenters. The summed E-state index contributed by atoms with van der Waals surface area (Å²) in [7, 11) is 0. The minimum absolute atomic E-state index is 0.194. The van der Waals surface area contributed by atoms with E-state index in [1.807, 2.05) is 0 Å². The largest absolute Gasteiger partial charge is 0.462 e. The van der Waals surface area contributed by atoms with E-state index in [0.717, 1.165) is 24.7 Å². The van der Waals surface area contributed by atoms with E-state index >= 15 is 0 Å². The quantitative estimate of drug-likeness (QED) is 0.328. The number of carbonyl (C=O) groups excluding carboxylic acids is 2. The van der Waals surface area contributed by atoms with Crippen molar-refractivity contribution in [2.24, 2.45) is 29.6 Å². The molecule has 0 heterocycles. The van der Waals surface area contributed by atoms with Crippen molar-refractivity contribution in [3.63, 3.8) is 0 Å². The van der Waals surface area contributed by atoms with Crippen molar-refractivity contribution in [1.29, 1.82) is 0 Å². The van der Waals surface area contributed by atoms with Crippen LogP contribution in [0.15, 0.2) is 24.8 Å². The van der Waals surface area contributed by atoms with Gasteiger partial charge in [0.05, 0.1) is 6.61 Å². The monoisotopic (exact) mass is 418 g/mol. The van der Waals surface area contributed by atoms with Crippen LogP contribution in [0.4, 0.5) is 0 Å². The highest BCUT2D eigenvalue weighted by atomic mass is 16.6. The Morgan fingerprint density at radius 2 is 1.67 bits per heavy atom. The van der Waals surface area contributed by atoms with Crippen LogP contribution in [-0.4, -0.2) is 24.1 Å². The lowest BCUT2D eigenvalue weighted by molar-refractivity contribution is -0.199. The lowest BCUT2D eigenvalue weighted by Crippen LogP contribution is -2.58. The zero-order chi connectivity index (χ0) is 22.3. The van der Waals surface area contributed by atoms with Crippen LogP contribution < -0.4 is 0 Å². The second-order valence-electron chi connectivity index (χ2n) is 9.91. The van der Waals surface area contributed by atoms with Crippen LogP contribution in [0, 0.1) is 29.6 Å². The van der Waals surface area contributed by atoms with Gasteiger partial charge in [-0.1, -0.05) is 46.3 Å². The first kappa shape index (κ1) is 24.7. The average Bonchev–Trinajstić information content (AvgIpc) is 2.72. The number of esters is 2. The molecule has 0 radical (unpaired) electrons. The van der Waals surface area contributed by atoms with Crippen LogP contribution in [0.1, 0.15) is 85.5 Å². The smallest absolute Gasteiger partial charge is 0.333 e. The highest BCUT2D eigenvalue weighted by Crippen LogP contribution is 2.59. The van der Waals surface area contributed by atoms with Crippen LogP contribution >= 0.6 is 0 Å². The summed E-state index contributed by atoms with van der Waals surface area (Å²) < 4.78 is 10.8. The van der Waals surface area contributed by atoms with Gasteiger partial charge in [-0.25, -0.2) is 9.59 Å². The van der Waals surface area contributed by atoms with E-state index in [0.29, 0.717) is 29.9 Å². The van der Waals surface area contributed by atoms with Gasteiger partial charge in [-0.2, -0.15) is 0 Å². The number of hydrogen-bond donors (Lipinski definition) is 0. The van der Waals surface area contributed by atoms with Crippen LogP contribution in [0.5, 0.6) is 0 Å². The molecule has 4 rings (SSSR count). The molecule has 4 saturated carbocycles. The van der Waals surface area contributed by atoms with Gasteiger partial charge < -0.3 is 9.47 Å². The third-order valence-corrected chi connectivity index (χ3v) is 7.59. The van der Waals surface area contributed by atoms with E-state index in [1.54, 1.807) is 6.92 Å². The molecular formula is C26H42O4. The molecule has 0 amide bonds. The van der Waals surface area contributed by atoms with E-state index in [2.05, 4.69) is 33.9 Å². The van der Waals surface area contributed by atoms with Crippen LogP contribution in [0.2, 0.25) is 0 Å². The van der Waals surface area contributed by atoms with Crippen molar-refractivity contribution in [2.75, 3.05) is 6.61 Å². The fraction of sp³-hybridized carbons (Fsp3) is 0.769. The van der Waals surface area contributed by atoms with Crippen molar-refractivity contribution >= 4 is 11.9 Å². The maximum absolute atomic E-state index is 11.8. The normalized spacial score (nSPS) is 31.9. The summed E-state index contributed by atoms with van der Waals surface area (Å²) >= 11 is 0. The fourth-order valence-corrected chi connectivity index (χ4v) is 5.73. The van der Waals surface area contributed by atoms with Gasteiger partial charge in [-0.3, -0.25) is 0 Å². The van der Waals surface area contributed by atoms with Crippen LogP contribution in [0.3, 0.4) is 0 Å². The molecule has 170 valence electrons. The maximum Gasteiger partial charge on any atom is 0.333 e. The minimum atomic E-state index is -0.310. The number of hydrogen-bond acceptors (Lipinski definition) is 4.